The number of rotatable bonds is 6. The number of aliphatic hydroxyl groups is 1. The molecule has 2 heterocycles. The van der Waals surface area contributed by atoms with E-state index in [9.17, 15) is 14.7 Å². The van der Waals surface area contributed by atoms with Crippen molar-refractivity contribution in [1.29, 1.82) is 0 Å². The molecule has 2 saturated carbocycles. The highest BCUT2D eigenvalue weighted by Gasteiger charge is 2.53. The van der Waals surface area contributed by atoms with Crippen molar-refractivity contribution in [2.24, 2.45) is 29.1 Å². The van der Waals surface area contributed by atoms with Gasteiger partial charge in [0.25, 0.3) is 5.91 Å². The number of fused-ring (bicyclic) bond motifs is 1. The first-order valence-corrected chi connectivity index (χ1v) is 12.4. The van der Waals surface area contributed by atoms with E-state index < -0.39 is 6.10 Å². The van der Waals surface area contributed by atoms with E-state index in [0.29, 0.717) is 12.1 Å². The molecule has 34 heavy (non-hydrogen) atoms. The Morgan fingerprint density at radius 1 is 1.15 bits per heavy atom. The van der Waals surface area contributed by atoms with Crippen LogP contribution >= 0.6 is 0 Å². The fourth-order valence-corrected chi connectivity index (χ4v) is 6.29. The largest absolute Gasteiger partial charge is 0.392 e. The smallest absolute Gasteiger partial charge is 0.251 e. The topological polar surface area (TPSA) is 104 Å². The summed E-state index contributed by atoms with van der Waals surface area (Å²) in [4.78, 5) is 34.0. The number of hydrogen-bond acceptors (Lipinski definition) is 5. The predicted molar refractivity (Wildman–Crippen MR) is 129 cm³/mol. The third-order valence-corrected chi connectivity index (χ3v) is 8.37. The second kappa shape index (κ2) is 10.2. The molecule has 2 amide bonds. The van der Waals surface area contributed by atoms with Crippen LogP contribution in [-0.4, -0.2) is 39.0 Å². The first-order valence-electron chi connectivity index (χ1n) is 12.4. The number of pyridine rings is 2. The molecule has 0 aliphatic heterocycles. The molecule has 0 spiro atoms. The summed E-state index contributed by atoms with van der Waals surface area (Å²) in [5.74, 6) is -0.447. The SMILES string of the molecule is C[C@@H]1[C@@H]2[C@@H](O)[C@H]([C@H](C)C(=O)NCc3ccccn3)CC[C@]2(C)CC[C@@H]1NC(=O)c1ccncc1. The van der Waals surface area contributed by atoms with Crippen LogP contribution in [0, 0.1) is 29.1 Å². The van der Waals surface area contributed by atoms with Crippen LogP contribution < -0.4 is 10.6 Å². The van der Waals surface area contributed by atoms with Gasteiger partial charge in [-0.15, -0.1) is 0 Å². The van der Waals surface area contributed by atoms with Crippen molar-refractivity contribution in [3.63, 3.8) is 0 Å². The minimum atomic E-state index is -0.593. The van der Waals surface area contributed by atoms with Gasteiger partial charge in [0.2, 0.25) is 5.91 Å². The normalized spacial score (nSPS) is 31.7. The third-order valence-electron chi connectivity index (χ3n) is 8.37. The Kier molecular flexibility index (Phi) is 7.31. The van der Waals surface area contributed by atoms with Crippen LogP contribution in [0.4, 0.5) is 0 Å². The summed E-state index contributed by atoms with van der Waals surface area (Å²) in [5, 5.41) is 17.7. The van der Waals surface area contributed by atoms with Gasteiger partial charge in [-0.2, -0.15) is 0 Å². The van der Waals surface area contributed by atoms with Crippen molar-refractivity contribution in [2.45, 2.75) is 65.1 Å². The molecule has 2 fully saturated rings. The summed E-state index contributed by atoms with van der Waals surface area (Å²) in [6.07, 6.45) is 8.00. The van der Waals surface area contributed by atoms with Gasteiger partial charge in [0.1, 0.15) is 0 Å². The number of hydrogen-bond donors (Lipinski definition) is 3. The van der Waals surface area contributed by atoms with Gasteiger partial charge in [0.05, 0.1) is 18.3 Å². The minimum absolute atomic E-state index is 0.0113. The Bertz CT molecular complexity index is 986. The number of carbonyl (C=O) groups excluding carboxylic acids is 2. The van der Waals surface area contributed by atoms with E-state index in [1.807, 2.05) is 25.1 Å². The Labute approximate surface area is 201 Å². The molecule has 2 aliphatic carbocycles. The molecule has 2 aliphatic rings. The fourth-order valence-electron chi connectivity index (χ4n) is 6.29. The van der Waals surface area contributed by atoms with Gasteiger partial charge in [0.15, 0.2) is 0 Å². The third kappa shape index (κ3) is 4.99. The van der Waals surface area contributed by atoms with Crippen molar-refractivity contribution in [2.75, 3.05) is 0 Å². The molecule has 3 N–H and O–H groups in total. The number of amides is 2. The van der Waals surface area contributed by atoms with E-state index in [-0.39, 0.29) is 46.9 Å². The maximum Gasteiger partial charge on any atom is 0.251 e. The van der Waals surface area contributed by atoms with Crippen LogP contribution in [0.25, 0.3) is 0 Å². The molecule has 0 aromatic carbocycles. The highest BCUT2D eigenvalue weighted by molar-refractivity contribution is 5.94. The lowest BCUT2D eigenvalue weighted by atomic mass is 9.51. The Balaban J connectivity index is 1.42. The molecule has 2 aromatic heterocycles. The summed E-state index contributed by atoms with van der Waals surface area (Å²) in [5.41, 5.74) is 1.42. The highest BCUT2D eigenvalue weighted by atomic mass is 16.3. The van der Waals surface area contributed by atoms with E-state index >= 15 is 0 Å². The number of aromatic nitrogens is 2. The highest BCUT2D eigenvalue weighted by Crippen LogP contribution is 2.55. The van der Waals surface area contributed by atoms with Gasteiger partial charge >= 0.3 is 0 Å². The first kappa shape index (κ1) is 24.3. The van der Waals surface area contributed by atoms with Crippen LogP contribution in [-0.2, 0) is 11.3 Å². The number of aliphatic hydroxyl groups excluding tert-OH is 1. The Morgan fingerprint density at radius 3 is 2.59 bits per heavy atom. The molecule has 0 bridgehead atoms. The standard InChI is InChI=1S/C27H36N4O3/c1-17(25(33)30-16-20-6-4-5-13-29-20)21-7-11-27(3)12-8-22(18(2)23(27)24(21)32)31-26(34)19-9-14-28-15-10-19/h4-6,9-10,13-15,17-18,21-24,32H,7-8,11-12,16H2,1-3H3,(H,30,33)(H,31,34)/t17-,18-,21-,22-,23+,24-,27+/m0/s1. The second-order valence-electron chi connectivity index (χ2n) is 10.4. The van der Waals surface area contributed by atoms with Gasteiger partial charge in [-0.05, 0) is 73.1 Å². The summed E-state index contributed by atoms with van der Waals surface area (Å²) in [6.45, 7) is 6.70. The molecule has 0 unspecified atom stereocenters. The summed E-state index contributed by atoms with van der Waals surface area (Å²) in [6, 6.07) is 9.04. The van der Waals surface area contributed by atoms with Crippen molar-refractivity contribution in [3.8, 4) is 0 Å². The lowest BCUT2D eigenvalue weighted by molar-refractivity contribution is -0.142. The molecule has 0 radical (unpaired) electrons. The molecule has 182 valence electrons. The molecular formula is C27H36N4O3. The van der Waals surface area contributed by atoms with Crippen LogP contribution in [0.5, 0.6) is 0 Å². The van der Waals surface area contributed by atoms with E-state index in [2.05, 4.69) is 34.4 Å². The lowest BCUT2D eigenvalue weighted by Gasteiger charge is -2.56. The molecule has 4 rings (SSSR count). The van der Waals surface area contributed by atoms with Gasteiger partial charge in [-0.1, -0.05) is 26.8 Å². The Hall–Kier alpha value is -2.80. The molecule has 7 nitrogen and oxygen atoms in total. The maximum atomic E-state index is 12.9. The number of nitrogens with one attached hydrogen (secondary N) is 2. The molecule has 2 aromatic rings. The quantitative estimate of drug-likeness (QED) is 0.608. The van der Waals surface area contributed by atoms with Crippen molar-refractivity contribution in [3.05, 3.63) is 60.2 Å². The molecular weight excluding hydrogens is 428 g/mol. The van der Waals surface area contributed by atoms with Crippen LogP contribution in [0.2, 0.25) is 0 Å². The van der Waals surface area contributed by atoms with Crippen molar-refractivity contribution >= 4 is 11.8 Å². The van der Waals surface area contributed by atoms with Gasteiger partial charge < -0.3 is 15.7 Å². The van der Waals surface area contributed by atoms with Crippen LogP contribution in [0.15, 0.2) is 48.9 Å². The zero-order valence-corrected chi connectivity index (χ0v) is 20.3. The monoisotopic (exact) mass is 464 g/mol. The summed E-state index contributed by atoms with van der Waals surface area (Å²) < 4.78 is 0. The van der Waals surface area contributed by atoms with E-state index in [1.54, 1.807) is 30.7 Å². The number of carbonyl (C=O) groups is 2. The van der Waals surface area contributed by atoms with Crippen LogP contribution in [0.3, 0.4) is 0 Å². The average molecular weight is 465 g/mol. The number of nitrogens with zero attached hydrogens (tertiary/aromatic N) is 2. The van der Waals surface area contributed by atoms with Gasteiger partial charge in [-0.3, -0.25) is 19.6 Å². The van der Waals surface area contributed by atoms with Crippen molar-refractivity contribution in [1.82, 2.24) is 20.6 Å². The zero-order chi connectivity index (χ0) is 24.3. The van der Waals surface area contributed by atoms with Gasteiger partial charge in [-0.25, -0.2) is 0 Å². The predicted octanol–water partition coefficient (Wildman–Crippen LogP) is 3.35. The first-order chi connectivity index (χ1) is 16.3. The summed E-state index contributed by atoms with van der Waals surface area (Å²) >= 11 is 0. The minimum Gasteiger partial charge on any atom is -0.392 e. The fraction of sp³-hybridized carbons (Fsp3) is 0.556. The molecule has 7 heteroatoms. The zero-order valence-electron chi connectivity index (χ0n) is 20.3. The molecule has 0 saturated heterocycles. The van der Waals surface area contributed by atoms with E-state index in [4.69, 9.17) is 0 Å². The van der Waals surface area contributed by atoms with Gasteiger partial charge in [0, 0.05) is 36.1 Å². The second-order valence-corrected chi connectivity index (χ2v) is 10.4. The molecule has 7 atom stereocenters. The van der Waals surface area contributed by atoms with Crippen molar-refractivity contribution < 1.29 is 14.7 Å². The van der Waals surface area contributed by atoms with E-state index in [0.717, 1.165) is 31.4 Å². The Morgan fingerprint density at radius 2 is 1.88 bits per heavy atom. The maximum absolute atomic E-state index is 12.9. The lowest BCUT2D eigenvalue weighted by Crippen LogP contribution is -2.58. The average Bonchev–Trinajstić information content (AvgIpc) is 2.85. The van der Waals surface area contributed by atoms with E-state index in [1.165, 1.54) is 0 Å². The summed E-state index contributed by atoms with van der Waals surface area (Å²) in [7, 11) is 0. The van der Waals surface area contributed by atoms with Crippen LogP contribution in [0.1, 0.15) is 62.5 Å².